The van der Waals surface area contributed by atoms with E-state index in [1.807, 2.05) is 66.7 Å². The highest BCUT2D eigenvalue weighted by Gasteiger charge is 2.43. The SMILES string of the molecule is COc1cc(C2C(C(=O)/C=C/c3ccccc3)=C(O)C(=O)N2CCCN2CCOCC2)ccc1OCc1ccccc1. The Bertz CT molecular complexity index is 1430. The minimum atomic E-state index is -0.771. The molecule has 1 atom stereocenters. The van der Waals surface area contributed by atoms with Crippen LogP contribution < -0.4 is 9.47 Å². The lowest BCUT2D eigenvalue weighted by Crippen LogP contribution is -2.39. The highest BCUT2D eigenvalue weighted by molar-refractivity contribution is 6.14. The molecule has 3 aromatic rings. The molecule has 0 aromatic heterocycles. The standard InChI is InChI=1S/C34H36N2O6/c1-40-30-23-27(14-16-29(30)42-24-26-11-6-3-7-12-26)32-31(28(37)15-13-25-9-4-2-5-10-25)33(38)34(39)36(32)18-8-17-35-19-21-41-22-20-35/h2-7,9-16,23,32,38H,8,17-22,24H2,1H3/b15-13+. The van der Waals surface area contributed by atoms with Crippen molar-refractivity contribution in [1.29, 1.82) is 0 Å². The third-order valence-corrected chi connectivity index (χ3v) is 7.51. The fourth-order valence-electron chi connectivity index (χ4n) is 5.31. The van der Waals surface area contributed by atoms with Gasteiger partial charge in [0.15, 0.2) is 23.0 Å². The van der Waals surface area contributed by atoms with E-state index < -0.39 is 23.5 Å². The molecule has 2 aliphatic rings. The van der Waals surface area contributed by atoms with E-state index in [0.29, 0.717) is 49.8 Å². The lowest BCUT2D eigenvalue weighted by Gasteiger charge is -2.30. The molecule has 2 aliphatic heterocycles. The van der Waals surface area contributed by atoms with Gasteiger partial charge in [-0.25, -0.2) is 0 Å². The predicted octanol–water partition coefficient (Wildman–Crippen LogP) is 4.97. The van der Waals surface area contributed by atoms with Gasteiger partial charge in [0.25, 0.3) is 5.91 Å². The number of rotatable bonds is 12. The second-order valence-corrected chi connectivity index (χ2v) is 10.3. The van der Waals surface area contributed by atoms with Crippen LogP contribution >= 0.6 is 0 Å². The number of aliphatic hydroxyl groups is 1. The molecule has 8 nitrogen and oxygen atoms in total. The van der Waals surface area contributed by atoms with Crippen molar-refractivity contribution in [3.63, 3.8) is 0 Å². The molecule has 5 rings (SSSR count). The number of nitrogens with zero attached hydrogens (tertiary/aromatic N) is 2. The molecule has 1 unspecified atom stereocenters. The fourth-order valence-corrected chi connectivity index (χ4v) is 5.31. The number of allylic oxidation sites excluding steroid dienone is 1. The first kappa shape index (κ1) is 29.1. The normalized spacial score (nSPS) is 17.7. The van der Waals surface area contributed by atoms with Gasteiger partial charge >= 0.3 is 0 Å². The maximum atomic E-state index is 13.5. The number of ketones is 1. The lowest BCUT2D eigenvalue weighted by atomic mass is 9.95. The molecule has 1 N–H and O–H groups in total. The highest BCUT2D eigenvalue weighted by atomic mass is 16.5. The third-order valence-electron chi connectivity index (χ3n) is 7.51. The van der Waals surface area contributed by atoms with E-state index in [9.17, 15) is 14.7 Å². The summed E-state index contributed by atoms with van der Waals surface area (Å²) in [6.45, 7) is 4.59. The van der Waals surface area contributed by atoms with Crippen LogP contribution in [0.25, 0.3) is 6.08 Å². The Labute approximate surface area is 246 Å². The molecule has 1 saturated heterocycles. The molecule has 0 spiro atoms. The average Bonchev–Trinajstić information content (AvgIpc) is 3.29. The van der Waals surface area contributed by atoms with E-state index >= 15 is 0 Å². The minimum absolute atomic E-state index is 0.0542. The van der Waals surface area contributed by atoms with E-state index in [0.717, 1.165) is 30.8 Å². The van der Waals surface area contributed by atoms with Crippen LogP contribution in [0.2, 0.25) is 0 Å². The Balaban J connectivity index is 1.41. The molecule has 2 heterocycles. The third kappa shape index (κ3) is 6.90. The fraction of sp³-hybridized carbons (Fsp3) is 0.294. The summed E-state index contributed by atoms with van der Waals surface area (Å²) in [6.07, 6.45) is 3.78. The van der Waals surface area contributed by atoms with Crippen LogP contribution in [0.1, 0.15) is 29.2 Å². The highest BCUT2D eigenvalue weighted by Crippen LogP contribution is 2.41. The molecule has 0 bridgehead atoms. The van der Waals surface area contributed by atoms with Crippen LogP contribution in [0.3, 0.4) is 0 Å². The van der Waals surface area contributed by atoms with Crippen molar-refractivity contribution >= 4 is 17.8 Å². The molecule has 42 heavy (non-hydrogen) atoms. The Morgan fingerprint density at radius 2 is 1.69 bits per heavy atom. The van der Waals surface area contributed by atoms with Crippen molar-refractivity contribution in [2.24, 2.45) is 0 Å². The van der Waals surface area contributed by atoms with Crippen molar-refractivity contribution in [2.75, 3.05) is 46.5 Å². The first-order chi connectivity index (χ1) is 20.5. The van der Waals surface area contributed by atoms with Crippen molar-refractivity contribution < 1.29 is 28.9 Å². The van der Waals surface area contributed by atoms with Crippen LogP contribution in [0, 0.1) is 0 Å². The molecule has 0 radical (unpaired) electrons. The first-order valence-corrected chi connectivity index (χ1v) is 14.2. The van der Waals surface area contributed by atoms with Crippen LogP contribution in [0.5, 0.6) is 11.5 Å². The molecule has 0 aliphatic carbocycles. The number of carbonyl (C=O) groups excluding carboxylic acids is 2. The van der Waals surface area contributed by atoms with E-state index in [4.69, 9.17) is 14.2 Å². The van der Waals surface area contributed by atoms with E-state index in [1.165, 1.54) is 6.08 Å². The van der Waals surface area contributed by atoms with E-state index in [2.05, 4.69) is 4.90 Å². The number of ether oxygens (including phenoxy) is 3. The van der Waals surface area contributed by atoms with Crippen LogP contribution in [0.15, 0.2) is 96.3 Å². The molecule has 1 fully saturated rings. The predicted molar refractivity (Wildman–Crippen MR) is 160 cm³/mol. The molecule has 8 heteroatoms. The summed E-state index contributed by atoms with van der Waals surface area (Å²) < 4.78 is 17.1. The van der Waals surface area contributed by atoms with Gasteiger partial charge in [-0.1, -0.05) is 72.8 Å². The summed E-state index contributed by atoms with van der Waals surface area (Å²) in [7, 11) is 1.55. The van der Waals surface area contributed by atoms with Crippen molar-refractivity contribution in [3.05, 3.63) is 113 Å². The zero-order chi connectivity index (χ0) is 29.3. The largest absolute Gasteiger partial charge is 0.503 e. The van der Waals surface area contributed by atoms with Crippen LogP contribution in [-0.2, 0) is 20.9 Å². The zero-order valence-corrected chi connectivity index (χ0v) is 23.8. The molecule has 3 aromatic carbocycles. The summed E-state index contributed by atoms with van der Waals surface area (Å²) in [5.41, 5.74) is 2.57. The lowest BCUT2D eigenvalue weighted by molar-refractivity contribution is -0.129. The van der Waals surface area contributed by atoms with Gasteiger partial charge in [-0.3, -0.25) is 14.5 Å². The summed E-state index contributed by atoms with van der Waals surface area (Å²) in [4.78, 5) is 30.8. The van der Waals surface area contributed by atoms with Gasteiger partial charge in [-0.2, -0.15) is 0 Å². The zero-order valence-electron chi connectivity index (χ0n) is 23.8. The van der Waals surface area contributed by atoms with Crippen molar-refractivity contribution in [2.45, 2.75) is 19.1 Å². The summed E-state index contributed by atoms with van der Waals surface area (Å²) >= 11 is 0. The van der Waals surface area contributed by atoms with Gasteiger partial charge in [0.2, 0.25) is 0 Å². The van der Waals surface area contributed by atoms with Gasteiger partial charge in [-0.05, 0) is 41.3 Å². The summed E-state index contributed by atoms with van der Waals surface area (Å²) in [5, 5.41) is 11.0. The molecular formula is C34H36N2O6. The van der Waals surface area contributed by atoms with Crippen LogP contribution in [0.4, 0.5) is 0 Å². The number of amides is 1. The number of aliphatic hydroxyl groups excluding tert-OH is 1. The summed E-state index contributed by atoms with van der Waals surface area (Å²) in [6, 6.07) is 23.8. The average molecular weight is 569 g/mol. The smallest absolute Gasteiger partial charge is 0.290 e. The van der Waals surface area contributed by atoms with Gasteiger partial charge in [0.05, 0.1) is 31.9 Å². The Morgan fingerprint density at radius 1 is 0.976 bits per heavy atom. The van der Waals surface area contributed by atoms with Gasteiger partial charge in [-0.15, -0.1) is 0 Å². The Kier molecular flexibility index (Phi) is 9.69. The minimum Gasteiger partial charge on any atom is -0.503 e. The molecule has 0 saturated carbocycles. The monoisotopic (exact) mass is 568 g/mol. The van der Waals surface area contributed by atoms with E-state index in [-0.39, 0.29) is 5.57 Å². The maximum Gasteiger partial charge on any atom is 0.290 e. The first-order valence-electron chi connectivity index (χ1n) is 14.2. The van der Waals surface area contributed by atoms with Crippen molar-refractivity contribution in [1.82, 2.24) is 9.80 Å². The maximum absolute atomic E-state index is 13.5. The van der Waals surface area contributed by atoms with E-state index in [1.54, 1.807) is 30.2 Å². The Hall–Kier alpha value is -4.40. The van der Waals surface area contributed by atoms with Gasteiger partial charge in [0, 0.05) is 26.2 Å². The Morgan fingerprint density at radius 3 is 2.40 bits per heavy atom. The van der Waals surface area contributed by atoms with Crippen LogP contribution in [-0.4, -0.2) is 73.1 Å². The summed E-state index contributed by atoms with van der Waals surface area (Å²) in [5.74, 6) is -0.478. The number of hydrogen-bond acceptors (Lipinski definition) is 7. The number of hydrogen-bond donors (Lipinski definition) is 1. The molecule has 1 amide bonds. The quantitative estimate of drug-likeness (QED) is 0.309. The number of methoxy groups -OCH3 is 1. The second-order valence-electron chi connectivity index (χ2n) is 10.3. The van der Waals surface area contributed by atoms with Crippen molar-refractivity contribution in [3.8, 4) is 11.5 Å². The number of morpholine rings is 1. The topological polar surface area (TPSA) is 88.5 Å². The molecule has 218 valence electrons. The second kappa shape index (κ2) is 14.0. The number of carbonyl (C=O) groups is 2. The van der Waals surface area contributed by atoms with Gasteiger partial charge < -0.3 is 24.2 Å². The van der Waals surface area contributed by atoms with Gasteiger partial charge in [0.1, 0.15) is 6.61 Å². The molecular weight excluding hydrogens is 532 g/mol. The number of benzene rings is 3.